The minimum absolute atomic E-state index is 0.456. The Kier molecular flexibility index (Phi) is 4.28. The van der Waals surface area contributed by atoms with Crippen LogP contribution in [0.3, 0.4) is 0 Å². The average Bonchev–Trinajstić information content (AvgIpc) is 2.33. The molecular formula is C16H26N2. The van der Waals surface area contributed by atoms with Crippen LogP contribution in [-0.4, -0.2) is 19.6 Å². The first kappa shape index (κ1) is 13.4. The summed E-state index contributed by atoms with van der Waals surface area (Å²) < 4.78 is 0. The van der Waals surface area contributed by atoms with Crippen LogP contribution in [0.4, 0.5) is 5.69 Å². The van der Waals surface area contributed by atoms with Crippen molar-refractivity contribution < 1.29 is 0 Å². The second-order valence-electron chi connectivity index (χ2n) is 5.73. The van der Waals surface area contributed by atoms with Crippen LogP contribution < -0.4 is 10.6 Å². The summed E-state index contributed by atoms with van der Waals surface area (Å²) in [4.78, 5) is 2.47. The van der Waals surface area contributed by atoms with E-state index in [-0.39, 0.29) is 0 Å². The Labute approximate surface area is 111 Å². The van der Waals surface area contributed by atoms with Gasteiger partial charge in [-0.25, -0.2) is 0 Å². The molecule has 0 radical (unpaired) electrons. The van der Waals surface area contributed by atoms with Crippen molar-refractivity contribution in [2.45, 2.75) is 39.5 Å². The van der Waals surface area contributed by atoms with Gasteiger partial charge < -0.3 is 10.6 Å². The van der Waals surface area contributed by atoms with Crippen molar-refractivity contribution >= 4 is 5.69 Å². The molecule has 1 saturated carbocycles. The summed E-state index contributed by atoms with van der Waals surface area (Å²) in [6.07, 6.45) is 5.27. The molecular weight excluding hydrogens is 220 g/mol. The van der Waals surface area contributed by atoms with Crippen LogP contribution in [-0.2, 0) is 0 Å². The van der Waals surface area contributed by atoms with Crippen molar-refractivity contribution in [3.63, 3.8) is 0 Å². The van der Waals surface area contributed by atoms with Crippen LogP contribution in [0.1, 0.15) is 38.2 Å². The average molecular weight is 246 g/mol. The topological polar surface area (TPSA) is 29.3 Å². The molecule has 2 heteroatoms. The third-order valence-electron chi connectivity index (χ3n) is 4.51. The van der Waals surface area contributed by atoms with E-state index in [0.717, 1.165) is 19.6 Å². The molecule has 0 spiro atoms. The molecule has 0 saturated heterocycles. The van der Waals surface area contributed by atoms with Crippen molar-refractivity contribution in [3.8, 4) is 0 Å². The van der Waals surface area contributed by atoms with E-state index in [1.54, 1.807) is 0 Å². The Bertz CT molecular complexity index is 377. The van der Waals surface area contributed by atoms with Crippen molar-refractivity contribution in [1.82, 2.24) is 0 Å². The minimum atomic E-state index is 0.456. The summed E-state index contributed by atoms with van der Waals surface area (Å²) in [6.45, 7) is 7.46. The summed E-state index contributed by atoms with van der Waals surface area (Å²) in [7, 11) is 0. The van der Waals surface area contributed by atoms with Gasteiger partial charge in [0.2, 0.25) is 0 Å². The van der Waals surface area contributed by atoms with Gasteiger partial charge in [0.25, 0.3) is 0 Å². The summed E-state index contributed by atoms with van der Waals surface area (Å²) in [5.41, 5.74) is 9.08. The van der Waals surface area contributed by atoms with Gasteiger partial charge in [-0.1, -0.05) is 18.6 Å². The molecule has 2 N–H and O–H groups in total. The van der Waals surface area contributed by atoms with Crippen LogP contribution in [0, 0.1) is 12.3 Å². The third-order valence-corrected chi connectivity index (χ3v) is 4.51. The quantitative estimate of drug-likeness (QED) is 0.834. The van der Waals surface area contributed by atoms with Gasteiger partial charge in [-0.05, 0) is 62.8 Å². The number of rotatable bonds is 6. The SMILES string of the molecule is CCN(CCC1(CN)CCC1)c1cccc(C)c1. The van der Waals surface area contributed by atoms with Gasteiger partial charge in [-0.2, -0.15) is 0 Å². The van der Waals surface area contributed by atoms with E-state index in [1.807, 2.05) is 0 Å². The number of benzene rings is 1. The smallest absolute Gasteiger partial charge is 0.0368 e. The van der Waals surface area contributed by atoms with Crippen molar-refractivity contribution in [2.24, 2.45) is 11.1 Å². The lowest BCUT2D eigenvalue weighted by molar-refractivity contribution is 0.133. The van der Waals surface area contributed by atoms with Gasteiger partial charge in [0.05, 0.1) is 0 Å². The molecule has 2 nitrogen and oxygen atoms in total. The highest BCUT2D eigenvalue weighted by molar-refractivity contribution is 5.48. The number of hydrogen-bond donors (Lipinski definition) is 1. The Morgan fingerprint density at radius 2 is 2.11 bits per heavy atom. The van der Waals surface area contributed by atoms with Crippen LogP contribution in [0.2, 0.25) is 0 Å². The fraction of sp³-hybridized carbons (Fsp3) is 0.625. The first-order valence-electron chi connectivity index (χ1n) is 7.21. The zero-order valence-corrected chi connectivity index (χ0v) is 11.8. The Morgan fingerprint density at radius 1 is 1.33 bits per heavy atom. The van der Waals surface area contributed by atoms with E-state index in [0.29, 0.717) is 5.41 Å². The monoisotopic (exact) mass is 246 g/mol. The Balaban J connectivity index is 1.97. The molecule has 0 unspecified atom stereocenters. The lowest BCUT2D eigenvalue weighted by Crippen LogP contribution is -2.40. The summed E-state index contributed by atoms with van der Waals surface area (Å²) >= 11 is 0. The molecule has 1 aliphatic rings. The minimum Gasteiger partial charge on any atom is -0.372 e. The van der Waals surface area contributed by atoms with Gasteiger partial charge in [0.1, 0.15) is 0 Å². The highest BCUT2D eigenvalue weighted by atomic mass is 15.1. The predicted molar refractivity (Wildman–Crippen MR) is 79.0 cm³/mol. The number of aryl methyl sites for hydroxylation is 1. The fourth-order valence-corrected chi connectivity index (χ4v) is 2.90. The van der Waals surface area contributed by atoms with Gasteiger partial charge in [-0.15, -0.1) is 0 Å². The maximum absolute atomic E-state index is 5.94. The van der Waals surface area contributed by atoms with Crippen LogP contribution >= 0.6 is 0 Å². The highest BCUT2D eigenvalue weighted by Gasteiger charge is 2.35. The highest BCUT2D eigenvalue weighted by Crippen LogP contribution is 2.43. The maximum atomic E-state index is 5.94. The van der Waals surface area contributed by atoms with Crippen LogP contribution in [0.15, 0.2) is 24.3 Å². The first-order chi connectivity index (χ1) is 8.69. The molecule has 0 atom stereocenters. The van der Waals surface area contributed by atoms with Gasteiger partial charge in [0.15, 0.2) is 0 Å². The fourth-order valence-electron chi connectivity index (χ4n) is 2.90. The molecule has 1 aliphatic carbocycles. The zero-order valence-electron chi connectivity index (χ0n) is 11.8. The first-order valence-corrected chi connectivity index (χ1v) is 7.21. The second kappa shape index (κ2) is 5.75. The van der Waals surface area contributed by atoms with E-state index in [1.165, 1.54) is 36.9 Å². The third kappa shape index (κ3) is 2.86. The van der Waals surface area contributed by atoms with Crippen molar-refractivity contribution in [3.05, 3.63) is 29.8 Å². The van der Waals surface area contributed by atoms with Crippen LogP contribution in [0.5, 0.6) is 0 Å². The molecule has 0 bridgehead atoms. The van der Waals surface area contributed by atoms with E-state index in [9.17, 15) is 0 Å². The molecule has 1 aromatic rings. The van der Waals surface area contributed by atoms with Crippen molar-refractivity contribution in [2.75, 3.05) is 24.5 Å². The standard InChI is InChI=1S/C16H26N2/c1-3-18(15-7-4-6-14(2)12-15)11-10-16(13-17)8-5-9-16/h4,6-7,12H,3,5,8-11,13,17H2,1-2H3. The van der Waals surface area contributed by atoms with E-state index in [2.05, 4.69) is 43.0 Å². The summed E-state index contributed by atoms with van der Waals surface area (Å²) in [6, 6.07) is 8.80. The van der Waals surface area contributed by atoms with Gasteiger partial charge >= 0.3 is 0 Å². The second-order valence-corrected chi connectivity index (χ2v) is 5.73. The molecule has 2 rings (SSSR count). The summed E-state index contributed by atoms with van der Waals surface area (Å²) in [5, 5.41) is 0. The molecule has 0 aromatic heterocycles. The summed E-state index contributed by atoms with van der Waals surface area (Å²) in [5.74, 6) is 0. The van der Waals surface area contributed by atoms with Crippen LogP contribution in [0.25, 0.3) is 0 Å². The number of nitrogens with zero attached hydrogens (tertiary/aromatic N) is 1. The molecule has 0 amide bonds. The van der Waals surface area contributed by atoms with E-state index < -0.39 is 0 Å². The molecule has 1 fully saturated rings. The van der Waals surface area contributed by atoms with E-state index in [4.69, 9.17) is 5.73 Å². The Hall–Kier alpha value is -1.02. The van der Waals surface area contributed by atoms with Gasteiger partial charge in [0, 0.05) is 18.8 Å². The van der Waals surface area contributed by atoms with E-state index >= 15 is 0 Å². The van der Waals surface area contributed by atoms with Crippen molar-refractivity contribution in [1.29, 1.82) is 0 Å². The normalized spacial score (nSPS) is 17.3. The zero-order chi connectivity index (χ0) is 13.0. The number of nitrogens with two attached hydrogens (primary N) is 1. The molecule has 0 aliphatic heterocycles. The number of hydrogen-bond acceptors (Lipinski definition) is 2. The molecule has 1 aromatic carbocycles. The van der Waals surface area contributed by atoms with Gasteiger partial charge in [-0.3, -0.25) is 0 Å². The lowest BCUT2D eigenvalue weighted by Gasteiger charge is -2.42. The molecule has 100 valence electrons. The molecule has 0 heterocycles. The predicted octanol–water partition coefficient (Wildman–Crippen LogP) is 3.34. The molecule has 18 heavy (non-hydrogen) atoms. The Morgan fingerprint density at radius 3 is 2.61 bits per heavy atom. The largest absolute Gasteiger partial charge is 0.372 e. The lowest BCUT2D eigenvalue weighted by atomic mass is 9.66. The number of anilines is 1. The maximum Gasteiger partial charge on any atom is 0.0368 e.